The average Bonchev–Trinajstić information content (AvgIpc) is 3.18. The molecule has 1 saturated carbocycles. The number of nitrogens with one attached hydrogen (secondary N) is 2. The van der Waals surface area contributed by atoms with E-state index in [9.17, 15) is 4.79 Å². The number of carbonyl (C=O) groups is 1. The van der Waals surface area contributed by atoms with Gasteiger partial charge >= 0.3 is 0 Å². The summed E-state index contributed by atoms with van der Waals surface area (Å²) < 4.78 is 0. The van der Waals surface area contributed by atoms with E-state index in [1.54, 1.807) is 0 Å². The van der Waals surface area contributed by atoms with E-state index in [2.05, 4.69) is 15.5 Å². The quantitative estimate of drug-likeness (QED) is 0.732. The summed E-state index contributed by atoms with van der Waals surface area (Å²) in [7, 11) is 0. The molecular weight excluding hydrogens is 238 g/mol. The van der Waals surface area contributed by atoms with Crippen LogP contribution in [0.4, 0.5) is 0 Å². The highest BCUT2D eigenvalue weighted by Gasteiger charge is 2.24. The van der Waals surface area contributed by atoms with E-state index in [1.165, 1.54) is 32.2 Å². The van der Waals surface area contributed by atoms with Crippen molar-refractivity contribution in [3.63, 3.8) is 0 Å². The second-order valence-corrected chi connectivity index (χ2v) is 6.46. The number of hydrogen-bond donors (Lipinski definition) is 2. The second kappa shape index (κ2) is 7.25. The van der Waals surface area contributed by atoms with E-state index in [-0.39, 0.29) is 11.9 Å². The van der Waals surface area contributed by atoms with E-state index in [0.29, 0.717) is 6.42 Å². The van der Waals surface area contributed by atoms with Crippen LogP contribution in [0.1, 0.15) is 46.0 Å². The van der Waals surface area contributed by atoms with E-state index in [4.69, 9.17) is 0 Å². The molecule has 1 aliphatic heterocycles. The molecule has 4 heteroatoms. The van der Waals surface area contributed by atoms with Crippen molar-refractivity contribution in [1.82, 2.24) is 15.5 Å². The molecule has 19 heavy (non-hydrogen) atoms. The molecule has 1 saturated heterocycles. The first-order chi connectivity index (χ1) is 9.13. The minimum Gasteiger partial charge on any atom is -0.354 e. The molecular formula is C15H29N3O. The average molecular weight is 267 g/mol. The number of likely N-dealkylation sites (tertiary alicyclic amines) is 1. The predicted molar refractivity (Wildman–Crippen MR) is 78.1 cm³/mol. The van der Waals surface area contributed by atoms with Crippen LogP contribution in [0.25, 0.3) is 0 Å². The van der Waals surface area contributed by atoms with Crippen molar-refractivity contribution >= 4 is 5.91 Å². The van der Waals surface area contributed by atoms with Crippen molar-refractivity contribution in [1.29, 1.82) is 0 Å². The Morgan fingerprint density at radius 1 is 1.32 bits per heavy atom. The zero-order valence-corrected chi connectivity index (χ0v) is 12.5. The van der Waals surface area contributed by atoms with E-state index in [1.807, 2.05) is 13.8 Å². The van der Waals surface area contributed by atoms with Crippen LogP contribution in [0, 0.1) is 5.92 Å². The maximum Gasteiger partial charge on any atom is 0.221 e. The van der Waals surface area contributed by atoms with Crippen molar-refractivity contribution in [2.24, 2.45) is 5.92 Å². The lowest BCUT2D eigenvalue weighted by Crippen LogP contribution is -2.42. The number of rotatable bonds is 7. The number of piperidine rings is 1. The normalized spacial score (nSPS) is 24.7. The molecule has 2 aliphatic rings. The van der Waals surface area contributed by atoms with Crippen LogP contribution in [0.5, 0.6) is 0 Å². The topological polar surface area (TPSA) is 44.4 Å². The third-order valence-electron chi connectivity index (χ3n) is 3.98. The molecule has 1 aliphatic carbocycles. The van der Waals surface area contributed by atoms with Crippen LogP contribution in [0.15, 0.2) is 0 Å². The molecule has 2 rings (SSSR count). The van der Waals surface area contributed by atoms with Crippen LogP contribution >= 0.6 is 0 Å². The summed E-state index contributed by atoms with van der Waals surface area (Å²) in [6.07, 6.45) is 6.00. The van der Waals surface area contributed by atoms with Crippen molar-refractivity contribution in [3.05, 3.63) is 0 Å². The molecule has 4 nitrogen and oxygen atoms in total. The minimum absolute atomic E-state index is 0.188. The Morgan fingerprint density at radius 3 is 2.79 bits per heavy atom. The summed E-state index contributed by atoms with van der Waals surface area (Å²) in [5.41, 5.74) is 0. The van der Waals surface area contributed by atoms with Gasteiger partial charge in [0.1, 0.15) is 0 Å². The standard InChI is InChI=1S/C15H29N3O/c1-12(2)17-15(19)7-9-18-8-3-4-13(11-18)10-16-14-5-6-14/h12-14,16H,3-11H2,1-2H3,(H,17,19). The first kappa shape index (κ1) is 14.8. The SMILES string of the molecule is CC(C)NC(=O)CCN1CCCC(CNC2CC2)C1. The first-order valence-electron chi connectivity index (χ1n) is 7.88. The number of hydrogen-bond acceptors (Lipinski definition) is 3. The van der Waals surface area contributed by atoms with Crippen molar-refractivity contribution in [2.45, 2.75) is 58.0 Å². The van der Waals surface area contributed by atoms with E-state index < -0.39 is 0 Å². The lowest BCUT2D eigenvalue weighted by molar-refractivity contribution is -0.122. The van der Waals surface area contributed by atoms with Crippen molar-refractivity contribution in [2.75, 3.05) is 26.2 Å². The van der Waals surface area contributed by atoms with Crippen LogP contribution in [0.3, 0.4) is 0 Å². The highest BCUT2D eigenvalue weighted by atomic mass is 16.1. The van der Waals surface area contributed by atoms with Gasteiger partial charge < -0.3 is 15.5 Å². The molecule has 0 spiro atoms. The molecule has 0 aromatic heterocycles. The maximum absolute atomic E-state index is 11.7. The minimum atomic E-state index is 0.188. The monoisotopic (exact) mass is 267 g/mol. The smallest absolute Gasteiger partial charge is 0.221 e. The summed E-state index contributed by atoms with van der Waals surface area (Å²) in [4.78, 5) is 14.1. The van der Waals surface area contributed by atoms with Crippen LogP contribution in [-0.2, 0) is 4.79 Å². The lowest BCUT2D eigenvalue weighted by Gasteiger charge is -2.32. The molecule has 1 amide bonds. The number of nitrogens with zero attached hydrogens (tertiary/aromatic N) is 1. The molecule has 1 atom stereocenters. The third kappa shape index (κ3) is 5.91. The molecule has 2 N–H and O–H groups in total. The molecule has 0 radical (unpaired) electrons. The Morgan fingerprint density at radius 2 is 2.11 bits per heavy atom. The van der Waals surface area contributed by atoms with Crippen molar-refractivity contribution < 1.29 is 4.79 Å². The van der Waals surface area contributed by atoms with Crippen molar-refractivity contribution in [3.8, 4) is 0 Å². The summed E-state index contributed by atoms with van der Waals surface area (Å²) in [5.74, 6) is 0.968. The van der Waals surface area contributed by atoms with Gasteiger partial charge in [0.05, 0.1) is 0 Å². The van der Waals surface area contributed by atoms with Gasteiger partial charge in [0.25, 0.3) is 0 Å². The van der Waals surface area contributed by atoms with Gasteiger partial charge in [-0.15, -0.1) is 0 Å². The van der Waals surface area contributed by atoms with Crippen LogP contribution in [0.2, 0.25) is 0 Å². The van der Waals surface area contributed by atoms with Crippen LogP contribution in [-0.4, -0.2) is 49.1 Å². The summed E-state index contributed by atoms with van der Waals surface area (Å²) in [6, 6.07) is 1.07. The molecule has 0 aromatic rings. The van der Waals surface area contributed by atoms with Gasteiger partial charge in [-0.2, -0.15) is 0 Å². The van der Waals surface area contributed by atoms with E-state index in [0.717, 1.165) is 31.6 Å². The van der Waals surface area contributed by atoms with Gasteiger partial charge in [-0.1, -0.05) is 0 Å². The van der Waals surface area contributed by atoms with Crippen LogP contribution < -0.4 is 10.6 Å². The van der Waals surface area contributed by atoms with Gasteiger partial charge in [0, 0.05) is 31.6 Å². The number of carbonyl (C=O) groups excluding carboxylic acids is 1. The largest absolute Gasteiger partial charge is 0.354 e. The maximum atomic E-state index is 11.7. The summed E-state index contributed by atoms with van der Waals surface area (Å²) in [6.45, 7) is 8.43. The Balaban J connectivity index is 1.61. The summed E-state index contributed by atoms with van der Waals surface area (Å²) in [5, 5.41) is 6.60. The highest BCUT2D eigenvalue weighted by molar-refractivity contribution is 5.76. The molecule has 2 fully saturated rings. The summed E-state index contributed by atoms with van der Waals surface area (Å²) >= 11 is 0. The van der Waals surface area contributed by atoms with E-state index >= 15 is 0 Å². The Kier molecular flexibility index (Phi) is 5.64. The number of amides is 1. The third-order valence-corrected chi connectivity index (χ3v) is 3.98. The molecule has 0 bridgehead atoms. The fourth-order valence-electron chi connectivity index (χ4n) is 2.80. The predicted octanol–water partition coefficient (Wildman–Crippen LogP) is 1.37. The molecule has 0 aromatic carbocycles. The Labute approximate surface area is 117 Å². The molecule has 1 heterocycles. The Bertz CT molecular complexity index is 289. The van der Waals surface area contributed by atoms with Gasteiger partial charge in [-0.25, -0.2) is 0 Å². The Hall–Kier alpha value is -0.610. The zero-order chi connectivity index (χ0) is 13.7. The van der Waals surface area contributed by atoms with Gasteiger partial charge in [-0.3, -0.25) is 4.79 Å². The fourth-order valence-corrected chi connectivity index (χ4v) is 2.80. The first-order valence-corrected chi connectivity index (χ1v) is 7.88. The van der Waals surface area contributed by atoms with Gasteiger partial charge in [0.15, 0.2) is 0 Å². The van der Waals surface area contributed by atoms with Gasteiger partial charge in [-0.05, 0) is 58.5 Å². The molecule has 1 unspecified atom stereocenters. The lowest BCUT2D eigenvalue weighted by atomic mass is 9.98. The van der Waals surface area contributed by atoms with Gasteiger partial charge in [0.2, 0.25) is 5.91 Å². The second-order valence-electron chi connectivity index (χ2n) is 6.46. The zero-order valence-electron chi connectivity index (χ0n) is 12.5. The highest BCUT2D eigenvalue weighted by Crippen LogP contribution is 2.21. The fraction of sp³-hybridized carbons (Fsp3) is 0.933. The molecule has 110 valence electrons.